The molecule has 0 aromatic heterocycles. The summed E-state index contributed by atoms with van der Waals surface area (Å²) < 4.78 is 4.69. The maximum Gasteiger partial charge on any atom is 0.334 e. The molecule has 0 radical (unpaired) electrons. The van der Waals surface area contributed by atoms with E-state index in [0.717, 1.165) is 38.5 Å². The Kier molecular flexibility index (Phi) is 6.26. The van der Waals surface area contributed by atoms with E-state index in [-0.39, 0.29) is 40.6 Å². The third kappa shape index (κ3) is 3.66. The van der Waals surface area contributed by atoms with Crippen LogP contribution >= 0.6 is 0 Å². The Morgan fingerprint density at radius 2 is 1.71 bits per heavy atom. The van der Waals surface area contributed by atoms with Gasteiger partial charge in [0.1, 0.15) is 0 Å². The second kappa shape index (κ2) is 8.27. The molecule has 6 heteroatoms. The SMILES string of the molecule is COC(=O)[C@@H](O)C[C@@H](C)[C@H]1C[C@H](O)[C@H]2[C@@H]3[C@H](O)C[C@@H]4C[C@H](O)CC[C@]4(C)[C@H]3CC[C@@]21C. The van der Waals surface area contributed by atoms with Gasteiger partial charge in [-0.1, -0.05) is 20.8 Å². The van der Waals surface area contributed by atoms with Crippen LogP contribution in [-0.2, 0) is 9.53 Å². The average molecular weight is 439 g/mol. The van der Waals surface area contributed by atoms with Gasteiger partial charge in [-0.15, -0.1) is 0 Å². The lowest BCUT2D eigenvalue weighted by Crippen LogP contribution is -2.60. The first kappa shape index (κ1) is 23.5. The number of ether oxygens (including phenoxy) is 1. The molecule has 0 spiro atoms. The van der Waals surface area contributed by atoms with Crippen LogP contribution in [0.1, 0.15) is 72.1 Å². The number of esters is 1. The monoisotopic (exact) mass is 438 g/mol. The first-order chi connectivity index (χ1) is 14.5. The van der Waals surface area contributed by atoms with Crippen LogP contribution in [0.15, 0.2) is 0 Å². The Morgan fingerprint density at radius 3 is 2.39 bits per heavy atom. The molecular weight excluding hydrogens is 396 g/mol. The molecule has 4 N–H and O–H groups in total. The summed E-state index contributed by atoms with van der Waals surface area (Å²) in [5, 5.41) is 43.0. The normalized spacial score (nSPS) is 51.2. The number of aliphatic hydroxyl groups excluding tert-OH is 4. The summed E-state index contributed by atoms with van der Waals surface area (Å²) in [4.78, 5) is 11.7. The molecule has 178 valence electrons. The number of carbonyl (C=O) groups is 1. The molecule has 4 fully saturated rings. The largest absolute Gasteiger partial charge is 0.467 e. The minimum absolute atomic E-state index is 0.0357. The van der Waals surface area contributed by atoms with Gasteiger partial charge in [0.2, 0.25) is 0 Å². The number of fused-ring (bicyclic) bond motifs is 5. The Morgan fingerprint density at radius 1 is 1.03 bits per heavy atom. The van der Waals surface area contributed by atoms with Crippen LogP contribution in [0.4, 0.5) is 0 Å². The number of aliphatic hydroxyl groups is 4. The van der Waals surface area contributed by atoms with Gasteiger partial charge in [-0.2, -0.15) is 0 Å². The van der Waals surface area contributed by atoms with Crippen molar-refractivity contribution in [1.29, 1.82) is 0 Å². The molecule has 0 aromatic carbocycles. The lowest BCUT2D eigenvalue weighted by atomic mass is 9.43. The molecule has 0 heterocycles. The van der Waals surface area contributed by atoms with Crippen LogP contribution < -0.4 is 0 Å². The highest BCUT2D eigenvalue weighted by Crippen LogP contribution is 2.68. The van der Waals surface area contributed by atoms with Gasteiger partial charge in [0, 0.05) is 0 Å². The molecule has 0 saturated heterocycles. The molecule has 4 saturated carbocycles. The van der Waals surface area contributed by atoms with E-state index in [1.807, 2.05) is 0 Å². The van der Waals surface area contributed by atoms with Crippen molar-refractivity contribution in [3.8, 4) is 0 Å². The van der Waals surface area contributed by atoms with Gasteiger partial charge in [0.15, 0.2) is 6.10 Å². The Balaban J connectivity index is 1.58. The molecule has 4 rings (SSSR count). The molecule has 0 bridgehead atoms. The second-order valence-electron chi connectivity index (χ2n) is 11.8. The highest BCUT2D eigenvalue weighted by atomic mass is 16.5. The number of hydrogen-bond donors (Lipinski definition) is 4. The first-order valence-corrected chi connectivity index (χ1v) is 12.3. The second-order valence-corrected chi connectivity index (χ2v) is 11.8. The van der Waals surface area contributed by atoms with E-state index >= 15 is 0 Å². The van der Waals surface area contributed by atoms with Crippen LogP contribution in [0.2, 0.25) is 0 Å². The summed E-state index contributed by atoms with van der Waals surface area (Å²) in [5.74, 6) is 0.498. The van der Waals surface area contributed by atoms with Gasteiger partial charge in [-0.05, 0) is 97.7 Å². The number of rotatable bonds is 4. The zero-order valence-electron chi connectivity index (χ0n) is 19.5. The van der Waals surface area contributed by atoms with E-state index in [4.69, 9.17) is 4.74 Å². The van der Waals surface area contributed by atoms with Crippen molar-refractivity contribution in [3.63, 3.8) is 0 Å². The van der Waals surface area contributed by atoms with Gasteiger partial charge < -0.3 is 25.2 Å². The Labute approximate surface area is 186 Å². The molecule has 6 nitrogen and oxygen atoms in total. The van der Waals surface area contributed by atoms with Crippen LogP contribution in [0.3, 0.4) is 0 Å². The van der Waals surface area contributed by atoms with E-state index in [1.54, 1.807) is 0 Å². The highest BCUT2D eigenvalue weighted by Gasteiger charge is 2.65. The molecule has 4 aliphatic rings. The van der Waals surface area contributed by atoms with Gasteiger partial charge in [0.25, 0.3) is 0 Å². The fraction of sp³-hybridized carbons (Fsp3) is 0.960. The van der Waals surface area contributed by atoms with Crippen molar-refractivity contribution in [2.45, 2.75) is 96.6 Å². The van der Waals surface area contributed by atoms with E-state index in [2.05, 4.69) is 20.8 Å². The van der Waals surface area contributed by atoms with Crippen molar-refractivity contribution >= 4 is 5.97 Å². The lowest BCUT2D eigenvalue weighted by Gasteiger charge is -2.62. The van der Waals surface area contributed by atoms with Gasteiger partial charge in [-0.3, -0.25) is 0 Å². The first-order valence-electron chi connectivity index (χ1n) is 12.3. The molecule has 31 heavy (non-hydrogen) atoms. The molecule has 0 amide bonds. The third-order valence-corrected chi connectivity index (χ3v) is 10.5. The van der Waals surface area contributed by atoms with Crippen LogP contribution in [0.5, 0.6) is 0 Å². The third-order valence-electron chi connectivity index (χ3n) is 10.5. The van der Waals surface area contributed by atoms with E-state index in [9.17, 15) is 25.2 Å². The number of hydrogen-bond acceptors (Lipinski definition) is 6. The molecular formula is C25H42O6. The van der Waals surface area contributed by atoms with Crippen molar-refractivity contribution < 1.29 is 30.0 Å². The fourth-order valence-corrected chi connectivity index (χ4v) is 8.93. The van der Waals surface area contributed by atoms with Gasteiger partial charge >= 0.3 is 5.97 Å². The Hall–Kier alpha value is -0.690. The summed E-state index contributed by atoms with van der Waals surface area (Å²) in [6.07, 6.45) is 4.06. The van der Waals surface area contributed by atoms with E-state index < -0.39 is 24.3 Å². The minimum Gasteiger partial charge on any atom is -0.467 e. The van der Waals surface area contributed by atoms with E-state index in [1.165, 1.54) is 7.11 Å². The maximum absolute atomic E-state index is 11.7. The molecule has 0 aliphatic heterocycles. The van der Waals surface area contributed by atoms with Gasteiger partial charge in [0.05, 0.1) is 25.4 Å². The Bertz CT molecular complexity index is 683. The van der Waals surface area contributed by atoms with Crippen LogP contribution in [0, 0.1) is 46.3 Å². The predicted molar refractivity (Wildman–Crippen MR) is 116 cm³/mol. The number of methoxy groups -OCH3 is 1. The average Bonchev–Trinajstić information content (AvgIpc) is 2.99. The van der Waals surface area contributed by atoms with Gasteiger partial charge in [-0.25, -0.2) is 4.79 Å². The standard InChI is InChI=1S/C25H42O6/c1-13(9-20(29)23(30)31-4)17-12-19(28)22-21-16(6-8-25(17,22)3)24(2)7-5-15(26)10-14(24)11-18(21)27/h13-22,26-29H,5-12H2,1-4H3/t13-,14+,15-,16+,17-,18-,19+,20+,21+,22+,24+,25-/m1/s1. The molecule has 0 unspecified atom stereocenters. The molecule has 4 aliphatic carbocycles. The topological polar surface area (TPSA) is 107 Å². The number of carbonyl (C=O) groups excluding carboxylic acids is 1. The molecule has 0 aromatic rings. The van der Waals surface area contributed by atoms with E-state index in [0.29, 0.717) is 24.7 Å². The van der Waals surface area contributed by atoms with Crippen molar-refractivity contribution in [1.82, 2.24) is 0 Å². The summed E-state index contributed by atoms with van der Waals surface area (Å²) in [7, 11) is 1.29. The molecule has 12 atom stereocenters. The zero-order chi connectivity index (χ0) is 22.7. The van der Waals surface area contributed by atoms with Crippen molar-refractivity contribution in [2.75, 3.05) is 7.11 Å². The smallest absolute Gasteiger partial charge is 0.334 e. The fourth-order valence-electron chi connectivity index (χ4n) is 8.93. The highest BCUT2D eigenvalue weighted by molar-refractivity contribution is 5.74. The van der Waals surface area contributed by atoms with Crippen molar-refractivity contribution in [2.24, 2.45) is 46.3 Å². The summed E-state index contributed by atoms with van der Waals surface area (Å²) in [5.41, 5.74) is 0.00313. The lowest BCUT2D eigenvalue weighted by molar-refractivity contribution is -0.185. The maximum atomic E-state index is 11.7. The summed E-state index contributed by atoms with van der Waals surface area (Å²) >= 11 is 0. The summed E-state index contributed by atoms with van der Waals surface area (Å²) in [6.45, 7) is 6.70. The van der Waals surface area contributed by atoms with Crippen LogP contribution in [0.25, 0.3) is 0 Å². The quantitative estimate of drug-likeness (QED) is 0.503. The summed E-state index contributed by atoms with van der Waals surface area (Å²) in [6, 6.07) is 0. The minimum atomic E-state index is -1.13. The predicted octanol–water partition coefficient (Wildman–Crippen LogP) is 2.51. The van der Waals surface area contributed by atoms with Crippen molar-refractivity contribution in [3.05, 3.63) is 0 Å². The van der Waals surface area contributed by atoms with Crippen LogP contribution in [-0.4, -0.2) is 57.9 Å². The zero-order valence-corrected chi connectivity index (χ0v) is 19.5.